The van der Waals surface area contributed by atoms with E-state index in [1.54, 1.807) is 0 Å². The molecule has 0 saturated carbocycles. The van der Waals surface area contributed by atoms with Crippen LogP contribution in [0.15, 0.2) is 42.7 Å². The highest BCUT2D eigenvalue weighted by molar-refractivity contribution is 5.34. The summed E-state index contributed by atoms with van der Waals surface area (Å²) in [5, 5.41) is 7.81. The molecule has 1 fully saturated rings. The number of nitrogens with one attached hydrogen (secondary N) is 1. The zero-order valence-electron chi connectivity index (χ0n) is 12.5. The van der Waals surface area contributed by atoms with Gasteiger partial charge in [0.15, 0.2) is 0 Å². The summed E-state index contributed by atoms with van der Waals surface area (Å²) in [7, 11) is 0. The Morgan fingerprint density at radius 2 is 2.05 bits per heavy atom. The van der Waals surface area contributed by atoms with E-state index in [0.717, 1.165) is 18.8 Å². The van der Waals surface area contributed by atoms with Gasteiger partial charge in [-0.25, -0.2) is 4.68 Å². The van der Waals surface area contributed by atoms with Crippen LogP contribution in [0, 0.1) is 0 Å². The van der Waals surface area contributed by atoms with Crippen molar-refractivity contribution in [1.82, 2.24) is 20.0 Å². The molecule has 1 aromatic heterocycles. The van der Waals surface area contributed by atoms with E-state index in [9.17, 15) is 0 Å². The third kappa shape index (κ3) is 4.16. The van der Waals surface area contributed by atoms with Crippen molar-refractivity contribution in [3.8, 4) is 5.69 Å². The van der Waals surface area contributed by atoms with Gasteiger partial charge >= 0.3 is 0 Å². The van der Waals surface area contributed by atoms with E-state index in [4.69, 9.17) is 0 Å². The molecule has 0 radical (unpaired) electrons. The third-order valence-corrected chi connectivity index (χ3v) is 4.04. The number of nitrogens with zero attached hydrogens (tertiary/aromatic N) is 3. The number of rotatable bonds is 7. The molecule has 0 aliphatic carbocycles. The summed E-state index contributed by atoms with van der Waals surface area (Å²) in [6, 6.07) is 10.5. The number of hydrogen-bond donors (Lipinski definition) is 1. The summed E-state index contributed by atoms with van der Waals surface area (Å²) in [6.07, 6.45) is 7.78. The van der Waals surface area contributed by atoms with E-state index in [2.05, 4.69) is 39.6 Å². The number of likely N-dealkylation sites (tertiary alicyclic amines) is 1. The first-order chi connectivity index (χ1) is 10.4. The van der Waals surface area contributed by atoms with E-state index < -0.39 is 0 Å². The molecule has 2 aromatic rings. The van der Waals surface area contributed by atoms with Crippen LogP contribution in [0.1, 0.15) is 24.8 Å². The van der Waals surface area contributed by atoms with E-state index in [1.807, 2.05) is 23.1 Å². The number of hydrogen-bond acceptors (Lipinski definition) is 3. The minimum absolute atomic E-state index is 0.926. The molecule has 1 aromatic carbocycles. The molecule has 112 valence electrons. The zero-order valence-corrected chi connectivity index (χ0v) is 12.5. The van der Waals surface area contributed by atoms with Crippen molar-refractivity contribution in [3.63, 3.8) is 0 Å². The standard InChI is InChI=1S/C17H24N4/c1-2-11-20(10-1)12-4-8-18-15-16-6-3-7-17(14-16)21-13-5-9-19-21/h3,5-7,9,13-14,18H,1-2,4,8,10-12,15H2. The number of aromatic nitrogens is 2. The molecule has 1 aliphatic rings. The van der Waals surface area contributed by atoms with Gasteiger partial charge in [0.2, 0.25) is 0 Å². The Bertz CT molecular complexity index is 529. The monoisotopic (exact) mass is 284 g/mol. The SMILES string of the molecule is c1cc(CNCCCN2CCCC2)cc(-n2cccn2)c1. The van der Waals surface area contributed by atoms with E-state index >= 15 is 0 Å². The Balaban J connectivity index is 1.42. The largest absolute Gasteiger partial charge is 0.313 e. The van der Waals surface area contributed by atoms with Gasteiger partial charge in [-0.1, -0.05) is 12.1 Å². The first-order valence-electron chi connectivity index (χ1n) is 7.94. The Kier molecular flexibility index (Phi) is 5.03. The molecule has 4 nitrogen and oxygen atoms in total. The topological polar surface area (TPSA) is 33.1 Å². The zero-order chi connectivity index (χ0) is 14.3. The molecule has 3 rings (SSSR count). The average Bonchev–Trinajstić information content (AvgIpc) is 3.21. The number of benzene rings is 1. The molecule has 0 bridgehead atoms. The molecular weight excluding hydrogens is 260 g/mol. The van der Waals surface area contributed by atoms with Crippen LogP contribution in [0.4, 0.5) is 0 Å². The van der Waals surface area contributed by atoms with Gasteiger partial charge in [0.1, 0.15) is 0 Å². The van der Waals surface area contributed by atoms with Crippen LogP contribution in [0.25, 0.3) is 5.69 Å². The lowest BCUT2D eigenvalue weighted by Crippen LogP contribution is -2.24. The first-order valence-corrected chi connectivity index (χ1v) is 7.94. The third-order valence-electron chi connectivity index (χ3n) is 4.04. The van der Waals surface area contributed by atoms with Crippen molar-refractivity contribution in [2.75, 3.05) is 26.2 Å². The van der Waals surface area contributed by atoms with Crippen LogP contribution in [0.5, 0.6) is 0 Å². The second kappa shape index (κ2) is 7.38. The quantitative estimate of drug-likeness (QED) is 0.793. The lowest BCUT2D eigenvalue weighted by molar-refractivity contribution is 0.331. The van der Waals surface area contributed by atoms with Gasteiger partial charge in [-0.2, -0.15) is 5.10 Å². The van der Waals surface area contributed by atoms with Crippen molar-refractivity contribution in [3.05, 3.63) is 48.3 Å². The van der Waals surface area contributed by atoms with Crippen LogP contribution >= 0.6 is 0 Å². The summed E-state index contributed by atoms with van der Waals surface area (Å²) in [4.78, 5) is 2.57. The molecule has 0 unspecified atom stereocenters. The Hall–Kier alpha value is -1.65. The maximum absolute atomic E-state index is 4.27. The first kappa shape index (κ1) is 14.3. The van der Waals surface area contributed by atoms with Crippen LogP contribution in [0.2, 0.25) is 0 Å². The van der Waals surface area contributed by atoms with Gasteiger partial charge in [-0.3, -0.25) is 0 Å². The highest BCUT2D eigenvalue weighted by Gasteiger charge is 2.09. The lowest BCUT2D eigenvalue weighted by atomic mass is 10.2. The lowest BCUT2D eigenvalue weighted by Gasteiger charge is -2.14. The van der Waals surface area contributed by atoms with Crippen LogP contribution < -0.4 is 5.32 Å². The van der Waals surface area contributed by atoms with E-state index in [-0.39, 0.29) is 0 Å². The molecule has 1 aliphatic heterocycles. The van der Waals surface area contributed by atoms with Crippen LogP contribution in [0.3, 0.4) is 0 Å². The summed E-state index contributed by atoms with van der Waals surface area (Å²) in [5.41, 5.74) is 2.43. The van der Waals surface area contributed by atoms with Gasteiger partial charge in [-0.15, -0.1) is 0 Å². The highest BCUT2D eigenvalue weighted by atomic mass is 15.3. The second-order valence-electron chi connectivity index (χ2n) is 5.70. The molecule has 1 saturated heterocycles. The van der Waals surface area contributed by atoms with E-state index in [1.165, 1.54) is 44.5 Å². The van der Waals surface area contributed by atoms with Gasteiger partial charge in [0.05, 0.1) is 5.69 Å². The van der Waals surface area contributed by atoms with Crippen molar-refractivity contribution in [2.45, 2.75) is 25.8 Å². The Morgan fingerprint density at radius 3 is 2.86 bits per heavy atom. The normalized spacial score (nSPS) is 15.6. The fraction of sp³-hybridized carbons (Fsp3) is 0.471. The summed E-state index contributed by atoms with van der Waals surface area (Å²) >= 11 is 0. The maximum atomic E-state index is 4.27. The maximum Gasteiger partial charge on any atom is 0.0648 e. The summed E-state index contributed by atoms with van der Waals surface area (Å²) in [5.74, 6) is 0. The summed E-state index contributed by atoms with van der Waals surface area (Å²) < 4.78 is 1.90. The molecular formula is C17H24N4. The predicted molar refractivity (Wildman–Crippen MR) is 85.6 cm³/mol. The van der Waals surface area contributed by atoms with Gasteiger partial charge in [0, 0.05) is 18.9 Å². The molecule has 4 heteroatoms. The van der Waals surface area contributed by atoms with E-state index in [0.29, 0.717) is 0 Å². The van der Waals surface area contributed by atoms with Crippen molar-refractivity contribution in [2.24, 2.45) is 0 Å². The van der Waals surface area contributed by atoms with Crippen LogP contribution in [-0.4, -0.2) is 40.9 Å². The van der Waals surface area contributed by atoms with Gasteiger partial charge < -0.3 is 10.2 Å². The Labute approximate surface area is 126 Å². The highest BCUT2D eigenvalue weighted by Crippen LogP contribution is 2.10. The fourth-order valence-corrected chi connectivity index (χ4v) is 2.90. The smallest absolute Gasteiger partial charge is 0.0648 e. The Morgan fingerprint density at radius 1 is 1.14 bits per heavy atom. The van der Waals surface area contributed by atoms with Crippen LogP contribution in [-0.2, 0) is 6.54 Å². The minimum Gasteiger partial charge on any atom is -0.313 e. The minimum atomic E-state index is 0.926. The van der Waals surface area contributed by atoms with Crippen molar-refractivity contribution < 1.29 is 0 Å². The van der Waals surface area contributed by atoms with Gasteiger partial charge in [-0.05, 0) is 69.2 Å². The molecule has 0 spiro atoms. The van der Waals surface area contributed by atoms with Crippen molar-refractivity contribution >= 4 is 0 Å². The second-order valence-corrected chi connectivity index (χ2v) is 5.70. The average molecular weight is 284 g/mol. The molecule has 0 atom stereocenters. The summed E-state index contributed by atoms with van der Waals surface area (Å²) in [6.45, 7) is 5.84. The van der Waals surface area contributed by atoms with Crippen molar-refractivity contribution in [1.29, 1.82) is 0 Å². The van der Waals surface area contributed by atoms with Gasteiger partial charge in [0.25, 0.3) is 0 Å². The molecule has 0 amide bonds. The predicted octanol–water partition coefficient (Wildman–Crippen LogP) is 2.45. The fourth-order valence-electron chi connectivity index (χ4n) is 2.90. The molecule has 2 heterocycles. The molecule has 1 N–H and O–H groups in total. The molecule has 21 heavy (non-hydrogen) atoms.